The molecule has 1 fully saturated rings. The Balaban J connectivity index is 1.44. The van der Waals surface area contributed by atoms with Crippen LogP contribution in [0.1, 0.15) is 48.7 Å². The lowest BCUT2D eigenvalue weighted by molar-refractivity contribution is -0.144. The lowest BCUT2D eigenvalue weighted by atomic mass is 9.92. The molecule has 0 bridgehead atoms. The van der Waals surface area contributed by atoms with Crippen LogP contribution in [-0.2, 0) is 23.9 Å². The highest BCUT2D eigenvalue weighted by molar-refractivity contribution is 7.13. The summed E-state index contributed by atoms with van der Waals surface area (Å²) in [5.41, 5.74) is 2.24. The third-order valence-electron chi connectivity index (χ3n) is 5.77. The van der Waals surface area contributed by atoms with E-state index in [1.165, 1.54) is 17.8 Å². The molecule has 4 heterocycles. The maximum Gasteiger partial charge on any atom is 0.453 e. The molecule has 1 saturated heterocycles. The number of hydrogen-bond acceptors (Lipinski definition) is 7. The second-order valence-corrected chi connectivity index (χ2v) is 9.77. The van der Waals surface area contributed by atoms with Crippen LogP contribution < -0.4 is 5.32 Å². The third-order valence-corrected chi connectivity index (χ3v) is 6.57. The average molecular weight is 482 g/mol. The number of likely N-dealkylation sites (tertiary alicyclic amines) is 1. The number of alkyl halides is 3. The Morgan fingerprint density at radius 1 is 1.18 bits per heavy atom. The Morgan fingerprint density at radius 3 is 2.55 bits per heavy atom. The number of nitrogens with zero attached hydrogens (tertiary/aromatic N) is 6. The summed E-state index contributed by atoms with van der Waals surface area (Å²) in [5.74, 6) is -0.415. The first kappa shape index (κ1) is 23.6. The predicted molar refractivity (Wildman–Crippen MR) is 118 cm³/mol. The van der Waals surface area contributed by atoms with Crippen LogP contribution in [0, 0.1) is 25.7 Å². The Morgan fingerprint density at radius 2 is 1.88 bits per heavy atom. The zero-order valence-electron chi connectivity index (χ0n) is 18.9. The molecule has 178 valence electrons. The molecule has 1 aliphatic rings. The monoisotopic (exact) mass is 481 g/mol. The van der Waals surface area contributed by atoms with Gasteiger partial charge in [-0.2, -0.15) is 18.2 Å². The largest absolute Gasteiger partial charge is 0.453 e. The molecule has 33 heavy (non-hydrogen) atoms. The molecule has 3 aromatic rings. The summed E-state index contributed by atoms with van der Waals surface area (Å²) < 4.78 is 39.9. The van der Waals surface area contributed by atoms with Crippen LogP contribution in [0.4, 0.5) is 18.3 Å². The summed E-state index contributed by atoms with van der Waals surface area (Å²) >= 11 is 1.36. The number of rotatable bonds is 5. The SMILES string of the molecule is Cc1nc2nc(C(F)(F)F)nn2c(C)c1CC(=O)Nc1nc(CN2C[C@@H](C)C[C@H](C)C2)cs1. The minimum atomic E-state index is -4.67. The van der Waals surface area contributed by atoms with Crippen LogP contribution in [0.15, 0.2) is 5.38 Å². The van der Waals surface area contributed by atoms with E-state index in [9.17, 15) is 18.0 Å². The van der Waals surface area contributed by atoms with Gasteiger partial charge in [-0.25, -0.2) is 14.5 Å². The van der Waals surface area contributed by atoms with E-state index in [1.54, 1.807) is 13.8 Å². The fraction of sp³-hybridized carbons (Fsp3) is 0.571. The number of halogens is 3. The zero-order valence-corrected chi connectivity index (χ0v) is 19.7. The van der Waals surface area contributed by atoms with Crippen LogP contribution in [-0.4, -0.2) is 48.5 Å². The fourth-order valence-corrected chi connectivity index (χ4v) is 5.21. The topological polar surface area (TPSA) is 88.3 Å². The molecule has 1 amide bonds. The summed E-state index contributed by atoms with van der Waals surface area (Å²) in [7, 11) is 0. The smallest absolute Gasteiger partial charge is 0.302 e. The van der Waals surface area contributed by atoms with E-state index < -0.39 is 12.0 Å². The second kappa shape index (κ2) is 8.98. The molecule has 0 aliphatic carbocycles. The van der Waals surface area contributed by atoms with Gasteiger partial charge < -0.3 is 5.32 Å². The number of piperidine rings is 1. The molecule has 1 aliphatic heterocycles. The van der Waals surface area contributed by atoms with Crippen molar-refractivity contribution in [2.45, 2.75) is 53.3 Å². The first-order valence-corrected chi connectivity index (χ1v) is 11.6. The van der Waals surface area contributed by atoms with E-state index in [1.807, 2.05) is 5.38 Å². The summed E-state index contributed by atoms with van der Waals surface area (Å²) in [6.07, 6.45) is -3.49. The molecule has 4 rings (SSSR count). The van der Waals surface area contributed by atoms with Gasteiger partial charge in [0.1, 0.15) is 0 Å². The molecular formula is C21H26F3N7OS. The Bertz CT molecular complexity index is 1160. The summed E-state index contributed by atoms with van der Waals surface area (Å²) in [6.45, 7) is 10.6. The number of aryl methyl sites for hydroxylation is 2. The minimum absolute atomic E-state index is 0.0577. The van der Waals surface area contributed by atoms with Gasteiger partial charge in [0.05, 0.1) is 12.1 Å². The normalized spacial score (nSPS) is 19.8. The van der Waals surface area contributed by atoms with Crippen molar-refractivity contribution in [3.63, 3.8) is 0 Å². The molecule has 1 N–H and O–H groups in total. The van der Waals surface area contributed by atoms with E-state index in [0.29, 0.717) is 33.9 Å². The van der Waals surface area contributed by atoms with Crippen molar-refractivity contribution >= 4 is 28.2 Å². The number of nitrogens with one attached hydrogen (secondary N) is 1. The van der Waals surface area contributed by atoms with Gasteiger partial charge >= 0.3 is 6.18 Å². The summed E-state index contributed by atoms with van der Waals surface area (Å²) in [5, 5.41) is 8.75. The van der Waals surface area contributed by atoms with Crippen molar-refractivity contribution in [1.82, 2.24) is 29.5 Å². The molecule has 0 unspecified atom stereocenters. The molecule has 8 nitrogen and oxygen atoms in total. The number of aromatic nitrogens is 5. The number of fused-ring (bicyclic) bond motifs is 1. The van der Waals surface area contributed by atoms with Gasteiger partial charge in [0, 0.05) is 42.0 Å². The highest BCUT2D eigenvalue weighted by Gasteiger charge is 2.37. The van der Waals surface area contributed by atoms with Gasteiger partial charge in [0.2, 0.25) is 5.91 Å². The second-order valence-electron chi connectivity index (χ2n) is 8.92. The zero-order chi connectivity index (χ0) is 23.9. The lowest BCUT2D eigenvalue weighted by Crippen LogP contribution is -2.38. The van der Waals surface area contributed by atoms with Gasteiger partial charge in [-0.05, 0) is 32.1 Å². The highest BCUT2D eigenvalue weighted by Crippen LogP contribution is 2.27. The molecule has 0 saturated carbocycles. The first-order valence-electron chi connectivity index (χ1n) is 10.8. The quantitative estimate of drug-likeness (QED) is 0.595. The molecular weight excluding hydrogens is 455 g/mol. The van der Waals surface area contributed by atoms with Crippen molar-refractivity contribution in [2.75, 3.05) is 18.4 Å². The lowest BCUT2D eigenvalue weighted by Gasteiger charge is -2.34. The van der Waals surface area contributed by atoms with Crippen LogP contribution in [0.3, 0.4) is 0 Å². The molecule has 0 aromatic carbocycles. The predicted octanol–water partition coefficient (Wildman–Crippen LogP) is 3.88. The van der Waals surface area contributed by atoms with Crippen molar-refractivity contribution in [3.8, 4) is 0 Å². The van der Waals surface area contributed by atoms with Crippen molar-refractivity contribution in [1.29, 1.82) is 0 Å². The average Bonchev–Trinajstić information content (AvgIpc) is 3.31. The highest BCUT2D eigenvalue weighted by atomic mass is 32.1. The number of hydrogen-bond donors (Lipinski definition) is 1. The van der Waals surface area contributed by atoms with E-state index in [0.717, 1.165) is 29.8 Å². The van der Waals surface area contributed by atoms with Gasteiger partial charge in [-0.15, -0.1) is 16.4 Å². The number of carbonyl (C=O) groups excluding carboxylic acids is 1. The standard InChI is InChI=1S/C21H26F3N7OS/c1-11-5-12(2)8-30(7-11)9-15-10-33-20(26-15)27-17(32)6-16-13(3)25-19-28-18(21(22,23)24)29-31(19)14(16)4/h10-12H,5-9H2,1-4H3,(H,26,27,32)/t11-,12-/m0/s1. The van der Waals surface area contributed by atoms with Crippen molar-refractivity contribution in [2.24, 2.45) is 11.8 Å². The van der Waals surface area contributed by atoms with Gasteiger partial charge in [-0.3, -0.25) is 9.69 Å². The molecule has 2 atom stereocenters. The van der Waals surface area contributed by atoms with Crippen LogP contribution in [0.2, 0.25) is 0 Å². The van der Waals surface area contributed by atoms with E-state index in [-0.39, 0.29) is 18.1 Å². The maximum atomic E-state index is 13.0. The van der Waals surface area contributed by atoms with Crippen LogP contribution >= 0.6 is 11.3 Å². The van der Waals surface area contributed by atoms with Crippen molar-refractivity contribution < 1.29 is 18.0 Å². The number of thiazole rings is 1. The molecule has 3 aromatic heterocycles. The summed E-state index contributed by atoms with van der Waals surface area (Å²) in [6, 6.07) is 0. The summed E-state index contributed by atoms with van der Waals surface area (Å²) in [4.78, 5) is 27.2. The van der Waals surface area contributed by atoms with Crippen LogP contribution in [0.25, 0.3) is 5.78 Å². The van der Waals surface area contributed by atoms with Gasteiger partial charge in [0.15, 0.2) is 5.13 Å². The molecule has 12 heteroatoms. The van der Waals surface area contributed by atoms with E-state index in [4.69, 9.17) is 0 Å². The Hall–Kier alpha value is -2.60. The Kier molecular flexibility index (Phi) is 6.41. The number of amides is 1. The number of anilines is 1. The first-order chi connectivity index (χ1) is 15.5. The molecule has 0 spiro atoms. The van der Waals surface area contributed by atoms with E-state index >= 15 is 0 Å². The minimum Gasteiger partial charge on any atom is -0.302 e. The fourth-order valence-electron chi connectivity index (χ4n) is 4.50. The third kappa shape index (κ3) is 5.32. The van der Waals surface area contributed by atoms with Gasteiger partial charge in [0.25, 0.3) is 11.6 Å². The molecule has 0 radical (unpaired) electrons. The van der Waals surface area contributed by atoms with Gasteiger partial charge in [-0.1, -0.05) is 13.8 Å². The maximum absolute atomic E-state index is 13.0. The number of carbonyl (C=O) groups is 1. The van der Waals surface area contributed by atoms with E-state index in [2.05, 4.69) is 44.1 Å². The Labute approximate surface area is 193 Å². The van der Waals surface area contributed by atoms with Crippen LogP contribution in [0.5, 0.6) is 0 Å². The van der Waals surface area contributed by atoms with Crippen molar-refractivity contribution in [3.05, 3.63) is 33.8 Å².